The van der Waals surface area contributed by atoms with Crippen molar-refractivity contribution in [2.45, 2.75) is 44.6 Å². The average molecular weight is 466 g/mol. The van der Waals surface area contributed by atoms with E-state index in [2.05, 4.69) is 31.0 Å². The molecule has 1 aliphatic rings. The maximum absolute atomic E-state index is 13.0. The maximum Gasteiger partial charge on any atom is 0.274 e. The number of carbonyl (C=O) groups is 1. The van der Waals surface area contributed by atoms with Crippen molar-refractivity contribution >= 4 is 11.7 Å². The highest BCUT2D eigenvalue weighted by molar-refractivity contribution is 5.79. The molecule has 10 heteroatoms. The Labute approximate surface area is 197 Å². The van der Waals surface area contributed by atoms with Crippen LogP contribution in [-0.2, 0) is 16.1 Å². The molecule has 1 saturated carbocycles. The standard InChI is InChI=1S/C24H31N7O3/c1-25-13-12-20(26-2)28-23(33)18-10-6-7-11-19(18)34-15-17-14-21(32)31-24(27-17)29-22(30-31)16-8-4-3-5-9-16/h3-5,8-9,12-14,18-20,25-26H,6-7,10-11,15H2,1-2H3,(H,28,33)(H,27,29,30)/b13-12-. The molecule has 4 N–H and O–H groups in total. The van der Waals surface area contributed by atoms with Crippen LogP contribution in [0.3, 0.4) is 0 Å². The molecule has 0 bridgehead atoms. The molecule has 0 aliphatic heterocycles. The molecule has 0 radical (unpaired) electrons. The lowest BCUT2D eigenvalue weighted by molar-refractivity contribution is -0.133. The highest BCUT2D eigenvalue weighted by Gasteiger charge is 2.32. The zero-order chi connectivity index (χ0) is 23.9. The Kier molecular flexibility index (Phi) is 7.71. The first-order chi connectivity index (χ1) is 16.6. The molecule has 2 aromatic heterocycles. The molecule has 1 aromatic carbocycles. The Morgan fingerprint density at radius 3 is 2.79 bits per heavy atom. The van der Waals surface area contributed by atoms with Crippen LogP contribution in [0.25, 0.3) is 17.2 Å². The molecule has 2 heterocycles. The van der Waals surface area contributed by atoms with Gasteiger partial charge in [-0.2, -0.15) is 9.50 Å². The van der Waals surface area contributed by atoms with Crippen LogP contribution in [0, 0.1) is 5.92 Å². The van der Waals surface area contributed by atoms with Crippen molar-refractivity contribution in [3.8, 4) is 11.4 Å². The van der Waals surface area contributed by atoms with E-state index >= 15 is 0 Å². The lowest BCUT2D eigenvalue weighted by atomic mass is 9.85. The third-order valence-corrected chi connectivity index (χ3v) is 5.98. The fourth-order valence-electron chi connectivity index (χ4n) is 4.18. The molecule has 1 aliphatic carbocycles. The number of carbonyl (C=O) groups excluding carboxylic acids is 1. The van der Waals surface area contributed by atoms with Gasteiger partial charge in [0.1, 0.15) is 0 Å². The normalized spacial score (nSPS) is 19.4. The molecule has 0 saturated heterocycles. The number of hydrogen-bond donors (Lipinski definition) is 4. The van der Waals surface area contributed by atoms with E-state index in [9.17, 15) is 9.59 Å². The molecule has 34 heavy (non-hydrogen) atoms. The van der Waals surface area contributed by atoms with Crippen LogP contribution in [0.2, 0.25) is 0 Å². The fraction of sp³-hybridized carbons (Fsp3) is 0.417. The Hall–Kier alpha value is -3.50. The van der Waals surface area contributed by atoms with Crippen LogP contribution in [0.1, 0.15) is 31.4 Å². The first-order valence-corrected chi connectivity index (χ1v) is 11.6. The molecule has 3 unspecified atom stereocenters. The summed E-state index contributed by atoms with van der Waals surface area (Å²) in [6, 6.07) is 11.0. The van der Waals surface area contributed by atoms with E-state index in [4.69, 9.17) is 4.74 Å². The van der Waals surface area contributed by atoms with E-state index in [1.54, 1.807) is 20.3 Å². The Balaban J connectivity index is 1.45. The van der Waals surface area contributed by atoms with Gasteiger partial charge in [-0.25, -0.2) is 4.98 Å². The number of H-pyrrole nitrogens is 1. The average Bonchev–Trinajstić information content (AvgIpc) is 3.31. The first kappa shape index (κ1) is 23.7. The molecule has 180 valence electrons. The third-order valence-electron chi connectivity index (χ3n) is 5.98. The van der Waals surface area contributed by atoms with E-state index in [1.165, 1.54) is 10.6 Å². The second-order valence-corrected chi connectivity index (χ2v) is 8.32. The Morgan fingerprint density at radius 2 is 2.03 bits per heavy atom. The number of likely N-dealkylation sites (N-methyl/N-ethyl adjacent to an activating group) is 1. The van der Waals surface area contributed by atoms with Gasteiger partial charge in [-0.3, -0.25) is 20.0 Å². The fourth-order valence-corrected chi connectivity index (χ4v) is 4.18. The molecular weight excluding hydrogens is 434 g/mol. The molecule has 3 aromatic rings. The van der Waals surface area contributed by atoms with Crippen LogP contribution in [-0.4, -0.2) is 51.9 Å². The van der Waals surface area contributed by atoms with Gasteiger partial charge in [-0.15, -0.1) is 0 Å². The van der Waals surface area contributed by atoms with Gasteiger partial charge in [0.15, 0.2) is 5.82 Å². The van der Waals surface area contributed by atoms with Gasteiger partial charge in [0.05, 0.1) is 30.5 Å². The lowest BCUT2D eigenvalue weighted by Crippen LogP contribution is -2.48. The van der Waals surface area contributed by atoms with E-state index in [0.717, 1.165) is 31.2 Å². The summed E-state index contributed by atoms with van der Waals surface area (Å²) < 4.78 is 7.45. The van der Waals surface area contributed by atoms with Gasteiger partial charge < -0.3 is 15.4 Å². The topological polar surface area (TPSA) is 125 Å². The number of nitrogens with one attached hydrogen (secondary N) is 4. The monoisotopic (exact) mass is 465 g/mol. The number of ether oxygens (including phenoxy) is 1. The zero-order valence-electron chi connectivity index (χ0n) is 19.5. The summed E-state index contributed by atoms with van der Waals surface area (Å²) in [7, 11) is 3.59. The number of nitrogens with zero attached hydrogens (tertiary/aromatic N) is 3. The quantitative estimate of drug-likeness (QED) is 0.353. The van der Waals surface area contributed by atoms with Crippen molar-refractivity contribution in [2.24, 2.45) is 5.92 Å². The van der Waals surface area contributed by atoms with E-state index < -0.39 is 0 Å². The number of hydrogen-bond acceptors (Lipinski definition) is 7. The summed E-state index contributed by atoms with van der Waals surface area (Å²) in [5.74, 6) is 0.551. The summed E-state index contributed by atoms with van der Waals surface area (Å²) in [6.45, 7) is 0.142. The first-order valence-electron chi connectivity index (χ1n) is 11.6. The molecule has 3 atom stereocenters. The van der Waals surface area contributed by atoms with Crippen molar-refractivity contribution in [1.82, 2.24) is 35.5 Å². The van der Waals surface area contributed by atoms with Crippen LogP contribution < -0.4 is 21.5 Å². The summed E-state index contributed by atoms with van der Waals surface area (Å²) in [4.78, 5) is 34.5. The highest BCUT2D eigenvalue weighted by atomic mass is 16.5. The smallest absolute Gasteiger partial charge is 0.274 e. The van der Waals surface area contributed by atoms with Gasteiger partial charge in [0.2, 0.25) is 5.91 Å². The Morgan fingerprint density at radius 1 is 1.24 bits per heavy atom. The SMILES string of the molecule is CN/C=C\C(NC)NC(=O)C1CCCCC1OCc1cc(=O)n2[nH]c(-c3ccccc3)nc2n1. The van der Waals surface area contributed by atoms with Crippen molar-refractivity contribution in [3.63, 3.8) is 0 Å². The van der Waals surface area contributed by atoms with Crippen molar-refractivity contribution in [3.05, 3.63) is 64.7 Å². The van der Waals surface area contributed by atoms with Gasteiger partial charge in [0, 0.05) is 18.7 Å². The predicted molar refractivity (Wildman–Crippen MR) is 129 cm³/mol. The summed E-state index contributed by atoms with van der Waals surface area (Å²) in [5.41, 5.74) is 1.10. The van der Waals surface area contributed by atoms with Crippen molar-refractivity contribution in [1.29, 1.82) is 0 Å². The second kappa shape index (κ2) is 11.1. The number of fused-ring (bicyclic) bond motifs is 1. The van der Waals surface area contributed by atoms with Crippen LogP contribution in [0.5, 0.6) is 0 Å². The van der Waals surface area contributed by atoms with Gasteiger partial charge >= 0.3 is 0 Å². The molecule has 1 amide bonds. The van der Waals surface area contributed by atoms with E-state index in [1.807, 2.05) is 36.4 Å². The number of amides is 1. The summed E-state index contributed by atoms with van der Waals surface area (Å²) >= 11 is 0. The van der Waals surface area contributed by atoms with Gasteiger partial charge in [-0.05, 0) is 32.2 Å². The van der Waals surface area contributed by atoms with Crippen molar-refractivity contribution < 1.29 is 9.53 Å². The largest absolute Gasteiger partial charge is 0.394 e. The summed E-state index contributed by atoms with van der Waals surface area (Å²) in [6.07, 6.45) is 6.64. The highest BCUT2D eigenvalue weighted by Crippen LogP contribution is 2.28. The number of benzene rings is 1. The number of rotatable bonds is 9. The zero-order valence-corrected chi connectivity index (χ0v) is 19.5. The molecule has 4 rings (SSSR count). The predicted octanol–water partition coefficient (Wildman–Crippen LogP) is 1.55. The van der Waals surface area contributed by atoms with Gasteiger partial charge in [0.25, 0.3) is 11.3 Å². The van der Waals surface area contributed by atoms with Crippen LogP contribution >= 0.6 is 0 Å². The van der Waals surface area contributed by atoms with Gasteiger partial charge in [-0.1, -0.05) is 43.2 Å². The molecular formula is C24H31N7O3. The third kappa shape index (κ3) is 5.52. The molecule has 0 spiro atoms. The second-order valence-electron chi connectivity index (χ2n) is 8.32. The minimum Gasteiger partial charge on any atom is -0.394 e. The van der Waals surface area contributed by atoms with Crippen LogP contribution in [0.4, 0.5) is 0 Å². The molecule has 10 nitrogen and oxygen atoms in total. The van der Waals surface area contributed by atoms with Crippen molar-refractivity contribution in [2.75, 3.05) is 14.1 Å². The van der Waals surface area contributed by atoms with E-state index in [-0.39, 0.29) is 42.0 Å². The minimum atomic E-state index is -0.273. The minimum absolute atomic E-state index is 0.0481. The maximum atomic E-state index is 13.0. The summed E-state index contributed by atoms with van der Waals surface area (Å²) in [5, 5.41) is 12.0. The lowest BCUT2D eigenvalue weighted by Gasteiger charge is -2.31. The van der Waals surface area contributed by atoms with E-state index in [0.29, 0.717) is 11.5 Å². The Bertz CT molecular complexity index is 1190. The van der Waals surface area contributed by atoms with Crippen LogP contribution in [0.15, 0.2) is 53.5 Å². The molecule has 1 fully saturated rings. The number of aromatic nitrogens is 4. The number of aromatic amines is 1.